The summed E-state index contributed by atoms with van der Waals surface area (Å²) < 4.78 is 1.86. The minimum Gasteiger partial charge on any atom is -0.353 e. The molecule has 8 nitrogen and oxygen atoms in total. The fourth-order valence-corrected chi connectivity index (χ4v) is 5.14. The normalized spacial score (nSPS) is 17.6. The molecule has 9 heteroatoms. The summed E-state index contributed by atoms with van der Waals surface area (Å²) in [5.74, 6) is 0.115. The highest BCUT2D eigenvalue weighted by Crippen LogP contribution is 2.39. The Labute approximate surface area is 187 Å². The third-order valence-corrected chi connectivity index (χ3v) is 6.89. The minimum atomic E-state index is -0.134. The van der Waals surface area contributed by atoms with Crippen molar-refractivity contribution in [1.82, 2.24) is 24.9 Å². The smallest absolute Gasteiger partial charge is 0.240 e. The first-order valence-electron chi connectivity index (χ1n) is 10.9. The Balaban J connectivity index is 1.37. The van der Waals surface area contributed by atoms with E-state index in [1.54, 1.807) is 4.90 Å². The van der Waals surface area contributed by atoms with E-state index in [0.717, 1.165) is 61.4 Å². The predicted octanol–water partition coefficient (Wildman–Crippen LogP) is 1.37. The van der Waals surface area contributed by atoms with Gasteiger partial charge >= 0.3 is 0 Å². The van der Waals surface area contributed by atoms with E-state index in [2.05, 4.69) is 27.1 Å². The summed E-state index contributed by atoms with van der Waals surface area (Å²) in [7, 11) is 0. The van der Waals surface area contributed by atoms with Crippen LogP contribution in [0.1, 0.15) is 12.6 Å². The number of hydrogen-bond acceptors (Lipinski definition) is 6. The van der Waals surface area contributed by atoms with Crippen LogP contribution in [0, 0.1) is 6.92 Å². The molecule has 4 rings (SSSR count). The molecule has 0 atom stereocenters. The van der Waals surface area contributed by atoms with Gasteiger partial charge in [0, 0.05) is 39.3 Å². The van der Waals surface area contributed by atoms with Crippen molar-refractivity contribution in [3.63, 3.8) is 0 Å². The number of benzene rings is 1. The highest BCUT2D eigenvalue weighted by molar-refractivity contribution is 8.00. The Morgan fingerprint density at radius 2 is 1.84 bits per heavy atom. The lowest BCUT2D eigenvalue weighted by Gasteiger charge is -2.34. The van der Waals surface area contributed by atoms with Gasteiger partial charge in [0.1, 0.15) is 11.6 Å². The first-order valence-corrected chi connectivity index (χ1v) is 11.8. The molecule has 2 aliphatic heterocycles. The molecule has 1 N–H and O–H groups in total. The molecular weight excluding hydrogens is 412 g/mol. The van der Waals surface area contributed by atoms with Gasteiger partial charge < -0.3 is 10.2 Å². The number of para-hydroxylation sites is 1. The number of aryl methyl sites for hydroxylation is 1. The minimum absolute atomic E-state index is 0.0251. The number of amides is 2. The number of nitrogens with one attached hydrogen (secondary N) is 1. The van der Waals surface area contributed by atoms with Gasteiger partial charge in [-0.3, -0.25) is 19.4 Å². The van der Waals surface area contributed by atoms with Gasteiger partial charge in [-0.25, -0.2) is 4.68 Å². The van der Waals surface area contributed by atoms with Crippen LogP contribution in [-0.4, -0.2) is 89.5 Å². The van der Waals surface area contributed by atoms with Gasteiger partial charge in [0.25, 0.3) is 0 Å². The second-order valence-electron chi connectivity index (χ2n) is 7.88. The summed E-state index contributed by atoms with van der Waals surface area (Å²) in [6.07, 6.45) is 0. The maximum atomic E-state index is 12.6. The number of thioether (sulfide) groups is 1. The van der Waals surface area contributed by atoms with Crippen molar-refractivity contribution < 1.29 is 9.59 Å². The molecule has 0 bridgehead atoms. The molecule has 1 saturated heterocycles. The fourth-order valence-electron chi connectivity index (χ4n) is 4.06. The zero-order chi connectivity index (χ0) is 21.8. The lowest BCUT2D eigenvalue weighted by Crippen LogP contribution is -2.49. The molecule has 166 valence electrons. The van der Waals surface area contributed by atoms with E-state index in [1.165, 1.54) is 11.8 Å². The van der Waals surface area contributed by atoms with Gasteiger partial charge in [-0.1, -0.05) is 36.9 Å². The number of anilines is 1. The second-order valence-corrected chi connectivity index (χ2v) is 8.84. The predicted molar refractivity (Wildman–Crippen MR) is 123 cm³/mol. The summed E-state index contributed by atoms with van der Waals surface area (Å²) >= 11 is 1.48. The molecule has 0 aliphatic carbocycles. The topological polar surface area (TPSA) is 73.7 Å². The van der Waals surface area contributed by atoms with Gasteiger partial charge in [0.05, 0.1) is 22.8 Å². The molecule has 31 heavy (non-hydrogen) atoms. The van der Waals surface area contributed by atoms with E-state index >= 15 is 0 Å². The summed E-state index contributed by atoms with van der Waals surface area (Å²) in [4.78, 5) is 31.7. The largest absolute Gasteiger partial charge is 0.353 e. The Kier molecular flexibility index (Phi) is 6.94. The van der Waals surface area contributed by atoms with E-state index in [4.69, 9.17) is 0 Å². The fraction of sp³-hybridized carbons (Fsp3) is 0.500. The van der Waals surface area contributed by atoms with E-state index < -0.39 is 0 Å². The van der Waals surface area contributed by atoms with Crippen LogP contribution in [0.25, 0.3) is 5.69 Å². The monoisotopic (exact) mass is 442 g/mol. The van der Waals surface area contributed by atoms with E-state index in [0.29, 0.717) is 12.3 Å². The van der Waals surface area contributed by atoms with E-state index in [1.807, 2.05) is 41.9 Å². The molecule has 0 unspecified atom stereocenters. The SMILES string of the molecule is CCN1CCN(CCNC(=O)CN2C(=O)CSc3c2c(C)nn3-c2ccccc2)CC1. The standard InChI is InChI=1S/C22H30N6O2S/c1-3-25-11-13-26(14-12-25)10-9-23-19(29)15-27-20(30)16-31-22-21(27)17(2)24-28(22)18-7-5-4-6-8-18/h4-8H,3,9-16H2,1-2H3,(H,23,29). The number of likely N-dealkylation sites (N-methyl/N-ethyl adjacent to an activating group) is 1. The van der Waals surface area contributed by atoms with Crippen molar-refractivity contribution >= 4 is 29.3 Å². The number of fused-ring (bicyclic) bond motifs is 1. The number of carbonyl (C=O) groups is 2. The zero-order valence-electron chi connectivity index (χ0n) is 18.2. The van der Waals surface area contributed by atoms with Crippen LogP contribution in [0.3, 0.4) is 0 Å². The number of rotatable bonds is 7. The summed E-state index contributed by atoms with van der Waals surface area (Å²) in [5.41, 5.74) is 2.44. The van der Waals surface area contributed by atoms with Gasteiger partial charge in [0.2, 0.25) is 11.8 Å². The maximum Gasteiger partial charge on any atom is 0.240 e. The van der Waals surface area contributed by atoms with Crippen molar-refractivity contribution in [3.8, 4) is 5.69 Å². The summed E-state index contributed by atoms with van der Waals surface area (Å²) in [5, 5.41) is 8.55. The summed E-state index contributed by atoms with van der Waals surface area (Å²) in [6.45, 7) is 10.9. The molecule has 2 aliphatic rings. The first-order chi connectivity index (χ1) is 15.1. The number of piperazine rings is 1. The van der Waals surface area contributed by atoms with Crippen LogP contribution in [0.4, 0.5) is 5.69 Å². The van der Waals surface area contributed by atoms with Gasteiger partial charge in [0.15, 0.2) is 0 Å². The van der Waals surface area contributed by atoms with Crippen molar-refractivity contribution in [2.75, 3.05) is 63.0 Å². The number of aromatic nitrogens is 2. The van der Waals surface area contributed by atoms with E-state index in [-0.39, 0.29) is 18.4 Å². The van der Waals surface area contributed by atoms with Crippen LogP contribution in [0.15, 0.2) is 35.4 Å². The van der Waals surface area contributed by atoms with Gasteiger partial charge in [-0.2, -0.15) is 5.10 Å². The van der Waals surface area contributed by atoms with Crippen molar-refractivity contribution in [3.05, 3.63) is 36.0 Å². The van der Waals surface area contributed by atoms with Crippen LogP contribution < -0.4 is 10.2 Å². The molecule has 0 spiro atoms. The highest BCUT2D eigenvalue weighted by atomic mass is 32.2. The molecule has 1 aromatic heterocycles. The van der Waals surface area contributed by atoms with Crippen LogP contribution in [-0.2, 0) is 9.59 Å². The quantitative estimate of drug-likeness (QED) is 0.698. The Hall–Kier alpha value is -2.36. The third kappa shape index (κ3) is 4.94. The van der Waals surface area contributed by atoms with Gasteiger partial charge in [-0.05, 0) is 25.6 Å². The van der Waals surface area contributed by atoms with Gasteiger partial charge in [-0.15, -0.1) is 0 Å². The molecule has 1 aromatic carbocycles. The molecule has 2 amide bonds. The number of hydrogen-bond donors (Lipinski definition) is 1. The average molecular weight is 443 g/mol. The first kappa shape index (κ1) is 21.9. The average Bonchev–Trinajstić information content (AvgIpc) is 3.13. The van der Waals surface area contributed by atoms with Crippen molar-refractivity contribution in [1.29, 1.82) is 0 Å². The highest BCUT2D eigenvalue weighted by Gasteiger charge is 2.32. The second kappa shape index (κ2) is 9.84. The maximum absolute atomic E-state index is 12.6. The van der Waals surface area contributed by atoms with Crippen LogP contribution in [0.5, 0.6) is 0 Å². The van der Waals surface area contributed by atoms with Crippen LogP contribution >= 0.6 is 11.8 Å². The summed E-state index contributed by atoms with van der Waals surface area (Å²) in [6, 6.07) is 9.86. The lowest BCUT2D eigenvalue weighted by atomic mass is 10.3. The number of carbonyl (C=O) groups excluding carboxylic acids is 2. The molecule has 1 fully saturated rings. The van der Waals surface area contributed by atoms with Crippen molar-refractivity contribution in [2.24, 2.45) is 0 Å². The lowest BCUT2D eigenvalue weighted by molar-refractivity contribution is -0.123. The zero-order valence-corrected chi connectivity index (χ0v) is 19.0. The van der Waals surface area contributed by atoms with E-state index in [9.17, 15) is 9.59 Å². The Morgan fingerprint density at radius 1 is 1.13 bits per heavy atom. The Bertz CT molecular complexity index is 924. The van der Waals surface area contributed by atoms with Crippen LogP contribution in [0.2, 0.25) is 0 Å². The molecule has 0 radical (unpaired) electrons. The number of nitrogens with zero attached hydrogens (tertiary/aromatic N) is 5. The van der Waals surface area contributed by atoms with Crippen molar-refractivity contribution in [2.45, 2.75) is 18.9 Å². The Morgan fingerprint density at radius 3 is 2.55 bits per heavy atom. The molecule has 3 heterocycles. The molecule has 2 aromatic rings. The molecular formula is C22H30N6O2S. The molecule has 0 saturated carbocycles. The third-order valence-electron chi connectivity index (χ3n) is 5.86.